The fourth-order valence-electron chi connectivity index (χ4n) is 5.99. The molecule has 0 radical (unpaired) electrons. The van der Waals surface area contributed by atoms with Crippen molar-refractivity contribution in [2.75, 3.05) is 33.3 Å². The van der Waals surface area contributed by atoms with Gasteiger partial charge in [-0.05, 0) is 19.8 Å². The molecule has 1 N–H and O–H groups in total. The molecule has 4 rings (SSSR count). The molecule has 0 bridgehead atoms. The molecule has 2 saturated heterocycles. The molecule has 4 aliphatic heterocycles. The SMILES string of the molecule is CCCCN1CC=C[C@]23S[C@]4(C)C=CCN(C)C(=O)[C@@H]4[C@H]2C(=O)N([C@@H](CC)CO)C3C1=O. The Morgan fingerprint density at radius 3 is 2.47 bits per heavy atom. The van der Waals surface area contributed by atoms with Crippen molar-refractivity contribution in [2.24, 2.45) is 11.8 Å². The molecular weight excluding hydrogens is 426 g/mol. The van der Waals surface area contributed by atoms with Crippen molar-refractivity contribution in [1.82, 2.24) is 14.7 Å². The number of aliphatic hydroxyl groups is 1. The van der Waals surface area contributed by atoms with Crippen molar-refractivity contribution in [3.63, 3.8) is 0 Å². The van der Waals surface area contributed by atoms with Gasteiger partial charge < -0.3 is 19.8 Å². The summed E-state index contributed by atoms with van der Waals surface area (Å²) in [5.74, 6) is -1.47. The van der Waals surface area contributed by atoms with Gasteiger partial charge in [-0.15, -0.1) is 11.8 Å². The molecule has 4 aliphatic rings. The van der Waals surface area contributed by atoms with E-state index in [1.54, 1.807) is 28.6 Å². The average molecular weight is 462 g/mol. The smallest absolute Gasteiger partial charge is 0.247 e. The van der Waals surface area contributed by atoms with E-state index in [0.717, 1.165) is 12.8 Å². The van der Waals surface area contributed by atoms with E-state index in [9.17, 15) is 19.5 Å². The highest BCUT2D eigenvalue weighted by atomic mass is 32.2. The number of aliphatic hydroxyl groups excluding tert-OH is 1. The predicted molar refractivity (Wildman–Crippen MR) is 125 cm³/mol. The number of hydrogen-bond acceptors (Lipinski definition) is 5. The number of unbranched alkanes of at least 4 members (excludes halogenated alkanes) is 1. The number of rotatable bonds is 6. The monoisotopic (exact) mass is 461 g/mol. The number of carbonyl (C=O) groups excluding carboxylic acids is 3. The van der Waals surface area contributed by atoms with E-state index >= 15 is 0 Å². The number of nitrogens with zero attached hydrogens (tertiary/aromatic N) is 3. The van der Waals surface area contributed by atoms with Gasteiger partial charge in [0, 0.05) is 31.4 Å². The van der Waals surface area contributed by atoms with Crippen molar-refractivity contribution in [2.45, 2.75) is 61.6 Å². The van der Waals surface area contributed by atoms with Crippen LogP contribution >= 0.6 is 11.8 Å². The summed E-state index contributed by atoms with van der Waals surface area (Å²) < 4.78 is -1.40. The van der Waals surface area contributed by atoms with E-state index in [-0.39, 0.29) is 24.3 Å². The Bertz CT molecular complexity index is 856. The van der Waals surface area contributed by atoms with Gasteiger partial charge in [-0.3, -0.25) is 14.4 Å². The Balaban J connectivity index is 1.87. The minimum atomic E-state index is -0.824. The Morgan fingerprint density at radius 1 is 1.09 bits per heavy atom. The van der Waals surface area contributed by atoms with Crippen LogP contribution in [0.5, 0.6) is 0 Å². The van der Waals surface area contributed by atoms with Crippen LogP contribution in [0.25, 0.3) is 0 Å². The minimum Gasteiger partial charge on any atom is -0.394 e. The minimum absolute atomic E-state index is 0.0502. The van der Waals surface area contributed by atoms with Gasteiger partial charge in [0.1, 0.15) is 6.04 Å². The number of fused-ring (bicyclic) bond motifs is 2. The van der Waals surface area contributed by atoms with E-state index in [1.165, 1.54) is 0 Å². The van der Waals surface area contributed by atoms with Gasteiger partial charge in [0.25, 0.3) is 0 Å². The quantitative estimate of drug-likeness (QED) is 0.609. The summed E-state index contributed by atoms with van der Waals surface area (Å²) in [6, 6.07) is -1.16. The summed E-state index contributed by atoms with van der Waals surface area (Å²) in [7, 11) is 1.77. The molecule has 32 heavy (non-hydrogen) atoms. The van der Waals surface area contributed by atoms with E-state index in [2.05, 4.69) is 13.0 Å². The number of likely N-dealkylation sites (N-methyl/N-ethyl adjacent to an activating group) is 1. The molecule has 3 amide bonds. The van der Waals surface area contributed by atoms with Crippen molar-refractivity contribution in [3.05, 3.63) is 24.3 Å². The lowest BCUT2D eigenvalue weighted by atomic mass is 9.74. The molecule has 8 heteroatoms. The van der Waals surface area contributed by atoms with Crippen LogP contribution in [0, 0.1) is 11.8 Å². The van der Waals surface area contributed by atoms with Gasteiger partial charge in [-0.25, -0.2) is 0 Å². The van der Waals surface area contributed by atoms with E-state index in [4.69, 9.17) is 0 Å². The third-order valence-corrected chi connectivity index (χ3v) is 9.43. The third-order valence-electron chi connectivity index (χ3n) is 7.64. The maximum atomic E-state index is 14.0. The number of hydrogen-bond donors (Lipinski definition) is 1. The van der Waals surface area contributed by atoms with Gasteiger partial charge in [-0.1, -0.05) is 44.6 Å². The lowest BCUT2D eigenvalue weighted by molar-refractivity contribution is -0.147. The Labute approximate surface area is 194 Å². The lowest BCUT2D eigenvalue weighted by Crippen LogP contribution is -2.56. The van der Waals surface area contributed by atoms with Gasteiger partial charge in [0.05, 0.1) is 29.2 Å². The number of amides is 3. The van der Waals surface area contributed by atoms with Crippen LogP contribution in [-0.2, 0) is 14.4 Å². The van der Waals surface area contributed by atoms with Crippen molar-refractivity contribution < 1.29 is 19.5 Å². The van der Waals surface area contributed by atoms with Crippen LogP contribution in [-0.4, -0.2) is 92.4 Å². The molecule has 1 spiro atoms. The fraction of sp³-hybridized carbons (Fsp3) is 0.708. The maximum absolute atomic E-state index is 14.0. The summed E-state index contributed by atoms with van der Waals surface area (Å²) in [5.41, 5.74) is 0. The normalized spacial score (nSPS) is 37.3. The summed E-state index contributed by atoms with van der Waals surface area (Å²) >= 11 is 1.59. The molecule has 0 aliphatic carbocycles. The van der Waals surface area contributed by atoms with Gasteiger partial charge in [-0.2, -0.15) is 0 Å². The second-order valence-electron chi connectivity index (χ2n) is 9.65. The molecule has 6 atom stereocenters. The highest BCUT2D eigenvalue weighted by molar-refractivity contribution is 8.02. The molecular formula is C24H35N3O4S. The van der Waals surface area contributed by atoms with Gasteiger partial charge in [0.15, 0.2) is 0 Å². The molecule has 0 saturated carbocycles. The molecule has 1 unspecified atom stereocenters. The number of carbonyl (C=O) groups is 3. The van der Waals surface area contributed by atoms with Crippen LogP contribution < -0.4 is 0 Å². The van der Waals surface area contributed by atoms with Crippen molar-refractivity contribution in [3.8, 4) is 0 Å². The predicted octanol–water partition coefficient (Wildman–Crippen LogP) is 1.67. The first-order valence-corrected chi connectivity index (χ1v) is 12.6. The molecule has 0 aromatic rings. The highest BCUT2D eigenvalue weighted by Crippen LogP contribution is 2.65. The summed E-state index contributed by atoms with van der Waals surface area (Å²) in [6.45, 7) is 7.50. The number of thioether (sulfide) groups is 1. The first-order chi connectivity index (χ1) is 15.3. The Morgan fingerprint density at radius 2 is 1.81 bits per heavy atom. The van der Waals surface area contributed by atoms with E-state index < -0.39 is 33.4 Å². The average Bonchev–Trinajstić information content (AvgIpc) is 3.04. The van der Waals surface area contributed by atoms with Crippen LogP contribution in [0.4, 0.5) is 0 Å². The second kappa shape index (κ2) is 8.52. The lowest BCUT2D eigenvalue weighted by Gasteiger charge is -2.39. The standard InChI is InChI=1S/C24H35N3O4S/c1-5-7-13-26-14-9-11-24-18(17-20(29)25(4)12-8-10-23(17,3)32-24)21(30)27(16(6-2)15-28)19(24)22(26)31/h8-11,16-19,28H,5-7,12-15H2,1-4H3/t16-,17-,18-,19?,23+,24-/m0/s1. The van der Waals surface area contributed by atoms with Crippen LogP contribution in [0.15, 0.2) is 24.3 Å². The zero-order valence-electron chi connectivity index (χ0n) is 19.5. The summed E-state index contributed by atoms with van der Waals surface area (Å²) in [6.07, 6.45) is 10.5. The Hall–Kier alpha value is -1.80. The van der Waals surface area contributed by atoms with E-state index in [0.29, 0.717) is 26.1 Å². The van der Waals surface area contributed by atoms with Crippen LogP contribution in [0.2, 0.25) is 0 Å². The highest BCUT2D eigenvalue weighted by Gasteiger charge is 2.74. The molecule has 2 fully saturated rings. The number of likely N-dealkylation sites (tertiary alicyclic amines) is 1. The first kappa shape index (κ1) is 23.4. The topological polar surface area (TPSA) is 81.2 Å². The van der Waals surface area contributed by atoms with Gasteiger partial charge in [0.2, 0.25) is 17.7 Å². The van der Waals surface area contributed by atoms with E-state index in [1.807, 2.05) is 37.0 Å². The van der Waals surface area contributed by atoms with Crippen molar-refractivity contribution in [1.29, 1.82) is 0 Å². The maximum Gasteiger partial charge on any atom is 0.247 e. The molecule has 176 valence electrons. The molecule has 0 aromatic heterocycles. The van der Waals surface area contributed by atoms with Crippen molar-refractivity contribution >= 4 is 29.5 Å². The molecule has 0 aromatic carbocycles. The summed E-state index contributed by atoms with van der Waals surface area (Å²) in [5, 5.41) is 10.1. The molecule has 7 nitrogen and oxygen atoms in total. The second-order valence-corrected chi connectivity index (χ2v) is 11.4. The summed E-state index contributed by atoms with van der Waals surface area (Å²) in [4.78, 5) is 46.7. The third kappa shape index (κ3) is 3.24. The molecule has 4 heterocycles. The van der Waals surface area contributed by atoms with Gasteiger partial charge >= 0.3 is 0 Å². The largest absolute Gasteiger partial charge is 0.394 e. The Kier molecular flexibility index (Phi) is 6.22. The zero-order valence-corrected chi connectivity index (χ0v) is 20.3. The van der Waals surface area contributed by atoms with Crippen LogP contribution in [0.1, 0.15) is 40.0 Å². The van der Waals surface area contributed by atoms with Crippen LogP contribution in [0.3, 0.4) is 0 Å². The first-order valence-electron chi connectivity index (χ1n) is 11.8. The zero-order chi connectivity index (χ0) is 23.3. The fourth-order valence-corrected chi connectivity index (χ4v) is 8.13.